The molecule has 0 spiro atoms. The molecule has 0 N–H and O–H groups in total. The Morgan fingerprint density at radius 2 is 2.05 bits per heavy atom. The first kappa shape index (κ1) is 17.5. The van der Waals surface area contributed by atoms with Gasteiger partial charge in [0.25, 0.3) is 5.91 Å². The molecular formula is C15H20BrNO4. The lowest BCUT2D eigenvalue weighted by Gasteiger charge is -2.17. The van der Waals surface area contributed by atoms with Gasteiger partial charge in [-0.2, -0.15) is 0 Å². The molecule has 0 aliphatic carbocycles. The van der Waals surface area contributed by atoms with Crippen LogP contribution >= 0.6 is 15.9 Å². The second-order valence-electron chi connectivity index (χ2n) is 4.72. The maximum absolute atomic E-state index is 11.9. The van der Waals surface area contributed by atoms with Crippen molar-refractivity contribution in [1.29, 1.82) is 0 Å². The zero-order chi connectivity index (χ0) is 15.8. The van der Waals surface area contributed by atoms with Crippen LogP contribution in [-0.2, 0) is 14.3 Å². The molecule has 0 saturated heterocycles. The van der Waals surface area contributed by atoms with Crippen molar-refractivity contribution in [2.75, 3.05) is 27.3 Å². The summed E-state index contributed by atoms with van der Waals surface area (Å²) in [6.45, 7) is 2.44. The van der Waals surface area contributed by atoms with Gasteiger partial charge in [-0.25, -0.2) is 0 Å². The van der Waals surface area contributed by atoms with Crippen molar-refractivity contribution < 1.29 is 19.1 Å². The second-order valence-corrected chi connectivity index (χ2v) is 5.57. The van der Waals surface area contributed by atoms with Gasteiger partial charge in [-0.3, -0.25) is 9.59 Å². The van der Waals surface area contributed by atoms with Crippen molar-refractivity contribution in [3.8, 4) is 5.75 Å². The third-order valence-corrected chi connectivity index (χ3v) is 3.59. The van der Waals surface area contributed by atoms with E-state index in [1.807, 2.05) is 25.1 Å². The predicted octanol–water partition coefficient (Wildman–Crippen LogP) is 2.55. The van der Waals surface area contributed by atoms with Crippen LogP contribution in [0.4, 0.5) is 0 Å². The number of amides is 1. The number of hydrogen-bond donors (Lipinski definition) is 0. The highest BCUT2D eigenvalue weighted by Gasteiger charge is 2.11. The van der Waals surface area contributed by atoms with Crippen LogP contribution in [0.25, 0.3) is 0 Å². The van der Waals surface area contributed by atoms with Crippen LogP contribution in [0.5, 0.6) is 5.75 Å². The van der Waals surface area contributed by atoms with Gasteiger partial charge in [-0.1, -0.05) is 6.07 Å². The molecule has 116 valence electrons. The average Bonchev–Trinajstić information content (AvgIpc) is 2.45. The highest BCUT2D eigenvalue weighted by atomic mass is 79.9. The second kappa shape index (κ2) is 8.67. The summed E-state index contributed by atoms with van der Waals surface area (Å²) in [6, 6.07) is 5.68. The van der Waals surface area contributed by atoms with Crippen LogP contribution in [0, 0.1) is 6.92 Å². The average molecular weight is 358 g/mol. The van der Waals surface area contributed by atoms with Gasteiger partial charge >= 0.3 is 5.97 Å². The summed E-state index contributed by atoms with van der Waals surface area (Å²) in [7, 11) is 3.04. The number of aryl methyl sites for hydroxylation is 1. The standard InChI is InChI=1S/C15H20BrNO4/c1-11-6-7-13(12(16)9-11)21-10-14(18)17(2)8-4-5-15(19)20-3/h6-7,9H,4-5,8,10H2,1-3H3. The number of halogens is 1. The van der Waals surface area contributed by atoms with E-state index >= 15 is 0 Å². The molecule has 21 heavy (non-hydrogen) atoms. The zero-order valence-electron chi connectivity index (χ0n) is 12.5. The fourth-order valence-electron chi connectivity index (χ4n) is 1.66. The Balaban J connectivity index is 2.37. The molecule has 0 fully saturated rings. The van der Waals surface area contributed by atoms with E-state index in [1.165, 1.54) is 7.11 Å². The SMILES string of the molecule is COC(=O)CCCN(C)C(=O)COc1ccc(C)cc1Br. The highest BCUT2D eigenvalue weighted by molar-refractivity contribution is 9.10. The number of esters is 1. The summed E-state index contributed by atoms with van der Waals surface area (Å²) in [5.74, 6) is 0.236. The van der Waals surface area contributed by atoms with Crippen molar-refractivity contribution in [3.05, 3.63) is 28.2 Å². The number of carbonyl (C=O) groups excluding carboxylic acids is 2. The minimum Gasteiger partial charge on any atom is -0.483 e. The van der Waals surface area contributed by atoms with Crippen molar-refractivity contribution >= 4 is 27.8 Å². The van der Waals surface area contributed by atoms with E-state index < -0.39 is 0 Å². The summed E-state index contributed by atoms with van der Waals surface area (Å²) in [5.41, 5.74) is 1.11. The topological polar surface area (TPSA) is 55.8 Å². The summed E-state index contributed by atoms with van der Waals surface area (Å²) in [5, 5.41) is 0. The first-order valence-corrected chi connectivity index (χ1v) is 7.43. The number of rotatable bonds is 7. The molecule has 1 rings (SSSR count). The largest absolute Gasteiger partial charge is 0.483 e. The summed E-state index contributed by atoms with van der Waals surface area (Å²) in [6.07, 6.45) is 0.877. The third-order valence-electron chi connectivity index (χ3n) is 2.97. The van der Waals surface area contributed by atoms with Crippen molar-refractivity contribution in [2.24, 2.45) is 0 Å². The predicted molar refractivity (Wildman–Crippen MR) is 83.3 cm³/mol. The van der Waals surface area contributed by atoms with Gasteiger partial charge in [0.1, 0.15) is 5.75 Å². The van der Waals surface area contributed by atoms with E-state index in [0.717, 1.165) is 10.0 Å². The van der Waals surface area contributed by atoms with Crippen LogP contribution in [0.1, 0.15) is 18.4 Å². The van der Waals surface area contributed by atoms with Gasteiger partial charge in [0.15, 0.2) is 6.61 Å². The third kappa shape index (κ3) is 6.16. The molecule has 0 aliphatic rings. The van der Waals surface area contributed by atoms with Crippen molar-refractivity contribution in [2.45, 2.75) is 19.8 Å². The van der Waals surface area contributed by atoms with Crippen molar-refractivity contribution in [1.82, 2.24) is 4.90 Å². The minimum atomic E-state index is -0.268. The molecule has 6 heteroatoms. The smallest absolute Gasteiger partial charge is 0.305 e. The summed E-state index contributed by atoms with van der Waals surface area (Å²) in [4.78, 5) is 24.4. The molecule has 0 saturated carbocycles. The quantitative estimate of drug-likeness (QED) is 0.703. The molecule has 1 aromatic carbocycles. The fourth-order valence-corrected chi connectivity index (χ4v) is 2.27. The number of ether oxygens (including phenoxy) is 2. The molecule has 0 heterocycles. The molecule has 0 radical (unpaired) electrons. The van der Waals surface area contributed by atoms with Crippen LogP contribution < -0.4 is 4.74 Å². The number of methoxy groups -OCH3 is 1. The molecule has 0 atom stereocenters. The van der Waals surface area contributed by atoms with Gasteiger partial charge in [0.2, 0.25) is 0 Å². The van der Waals surface area contributed by atoms with Crippen LogP contribution in [0.3, 0.4) is 0 Å². The molecule has 1 amide bonds. The highest BCUT2D eigenvalue weighted by Crippen LogP contribution is 2.25. The number of nitrogens with zero attached hydrogens (tertiary/aromatic N) is 1. The Morgan fingerprint density at radius 3 is 2.67 bits per heavy atom. The van der Waals surface area contributed by atoms with Crippen LogP contribution in [-0.4, -0.2) is 44.1 Å². The molecule has 0 aliphatic heterocycles. The summed E-state index contributed by atoms with van der Waals surface area (Å²) >= 11 is 3.40. The van der Waals surface area contributed by atoms with E-state index in [4.69, 9.17) is 4.74 Å². The van der Waals surface area contributed by atoms with Crippen LogP contribution in [0.15, 0.2) is 22.7 Å². The normalized spacial score (nSPS) is 10.1. The Labute approximate surface area is 133 Å². The first-order valence-electron chi connectivity index (χ1n) is 6.63. The first-order chi connectivity index (χ1) is 9.93. The van der Waals surface area contributed by atoms with Gasteiger partial charge < -0.3 is 14.4 Å². The Hall–Kier alpha value is -1.56. The molecular weight excluding hydrogens is 338 g/mol. The van der Waals surface area contributed by atoms with Gasteiger partial charge in [-0.15, -0.1) is 0 Å². The van der Waals surface area contributed by atoms with E-state index in [2.05, 4.69) is 20.7 Å². The van der Waals surface area contributed by atoms with E-state index in [-0.39, 0.29) is 18.5 Å². The molecule has 0 aromatic heterocycles. The molecule has 5 nitrogen and oxygen atoms in total. The maximum atomic E-state index is 11.9. The number of benzene rings is 1. The monoisotopic (exact) mass is 357 g/mol. The lowest BCUT2D eigenvalue weighted by atomic mass is 10.2. The Bertz CT molecular complexity index is 504. The van der Waals surface area contributed by atoms with Gasteiger partial charge in [0.05, 0.1) is 11.6 Å². The number of carbonyl (C=O) groups is 2. The van der Waals surface area contributed by atoms with E-state index in [9.17, 15) is 9.59 Å². The lowest BCUT2D eigenvalue weighted by molar-refractivity contribution is -0.141. The Morgan fingerprint density at radius 1 is 1.33 bits per heavy atom. The van der Waals surface area contributed by atoms with Crippen molar-refractivity contribution in [3.63, 3.8) is 0 Å². The summed E-state index contributed by atoms with van der Waals surface area (Å²) < 4.78 is 10.9. The molecule has 0 bridgehead atoms. The fraction of sp³-hybridized carbons (Fsp3) is 0.467. The molecule has 0 unspecified atom stereocenters. The Kier molecular flexibility index (Phi) is 7.22. The van der Waals surface area contributed by atoms with E-state index in [1.54, 1.807) is 11.9 Å². The number of likely N-dealkylation sites (N-methyl/N-ethyl adjacent to an activating group) is 1. The zero-order valence-corrected chi connectivity index (χ0v) is 14.1. The number of hydrogen-bond acceptors (Lipinski definition) is 4. The van der Waals surface area contributed by atoms with Crippen LogP contribution in [0.2, 0.25) is 0 Å². The molecule has 1 aromatic rings. The maximum Gasteiger partial charge on any atom is 0.305 e. The van der Waals surface area contributed by atoms with Gasteiger partial charge in [-0.05, 0) is 47.0 Å². The van der Waals surface area contributed by atoms with E-state index in [0.29, 0.717) is 25.1 Å². The lowest BCUT2D eigenvalue weighted by Crippen LogP contribution is -2.32. The van der Waals surface area contributed by atoms with Gasteiger partial charge in [0, 0.05) is 20.0 Å². The minimum absolute atomic E-state index is 0.0314.